The fourth-order valence-corrected chi connectivity index (χ4v) is 4.48. The van der Waals surface area contributed by atoms with E-state index in [1.807, 2.05) is 40.6 Å². The van der Waals surface area contributed by atoms with Gasteiger partial charge in [-0.05, 0) is 52.4 Å². The Balaban J connectivity index is 1.38. The van der Waals surface area contributed by atoms with Crippen LogP contribution in [-0.2, 0) is 13.0 Å². The summed E-state index contributed by atoms with van der Waals surface area (Å²) in [7, 11) is 0. The first-order valence-electron chi connectivity index (χ1n) is 9.19. The third kappa shape index (κ3) is 2.98. The molecule has 4 aromatic rings. The highest BCUT2D eigenvalue weighted by molar-refractivity contribution is 7.17. The molecule has 0 aliphatic carbocycles. The highest BCUT2D eigenvalue weighted by Gasteiger charge is 2.29. The number of hydrogen-bond donors (Lipinski definition) is 0. The molecule has 0 fully saturated rings. The van der Waals surface area contributed by atoms with Gasteiger partial charge in [0.05, 0.1) is 15.8 Å². The number of aromatic nitrogens is 1. The number of nitrogens with zero attached hydrogens (tertiary/aromatic N) is 2. The zero-order valence-corrected chi connectivity index (χ0v) is 15.9. The van der Waals surface area contributed by atoms with E-state index in [1.54, 1.807) is 23.5 Å². The van der Waals surface area contributed by atoms with Gasteiger partial charge in [-0.15, -0.1) is 11.3 Å². The number of thiophene rings is 1. The van der Waals surface area contributed by atoms with Gasteiger partial charge in [-0.1, -0.05) is 30.3 Å². The molecule has 5 heteroatoms. The smallest absolute Gasteiger partial charge is 0.255 e. The Labute approximate surface area is 166 Å². The van der Waals surface area contributed by atoms with Crippen LogP contribution in [0.15, 0.2) is 66.0 Å². The first-order chi connectivity index (χ1) is 13.7. The molecule has 1 aliphatic rings. The minimum absolute atomic E-state index is 0.0338. The van der Waals surface area contributed by atoms with Crippen LogP contribution in [0.1, 0.15) is 21.6 Å². The molecule has 2 aromatic carbocycles. The number of pyridine rings is 1. The van der Waals surface area contributed by atoms with Crippen LogP contribution in [-0.4, -0.2) is 22.3 Å². The molecule has 0 bridgehead atoms. The van der Waals surface area contributed by atoms with Gasteiger partial charge in [0, 0.05) is 25.2 Å². The van der Waals surface area contributed by atoms with Gasteiger partial charge in [0.2, 0.25) is 0 Å². The molecule has 1 amide bonds. The van der Waals surface area contributed by atoms with Crippen LogP contribution in [0.4, 0.5) is 4.39 Å². The molecule has 138 valence electrons. The zero-order chi connectivity index (χ0) is 19.1. The third-order valence-electron chi connectivity index (χ3n) is 5.17. The summed E-state index contributed by atoms with van der Waals surface area (Å²) in [6, 6.07) is 18.3. The maximum Gasteiger partial charge on any atom is 0.255 e. The summed E-state index contributed by atoms with van der Waals surface area (Å²) in [5.41, 5.74) is 5.48. The van der Waals surface area contributed by atoms with Gasteiger partial charge >= 0.3 is 0 Å². The van der Waals surface area contributed by atoms with Crippen molar-refractivity contribution in [1.29, 1.82) is 0 Å². The van der Waals surface area contributed by atoms with E-state index in [0.29, 0.717) is 13.1 Å². The van der Waals surface area contributed by atoms with Crippen LogP contribution in [0.3, 0.4) is 0 Å². The topological polar surface area (TPSA) is 33.2 Å². The standard InChI is InChI=1S/C23H17FN2OS/c24-17-6-4-15(5-7-17)19-3-1-2-16-14-26(23(27)22(16)19)12-10-18-8-9-21-20(25-18)11-13-28-21/h1-9,11,13H,10,12,14H2. The molecule has 0 saturated heterocycles. The quantitative estimate of drug-likeness (QED) is 0.475. The average molecular weight is 388 g/mol. The van der Waals surface area contributed by atoms with Crippen molar-refractivity contribution in [2.45, 2.75) is 13.0 Å². The van der Waals surface area contributed by atoms with Gasteiger partial charge in [-0.25, -0.2) is 4.39 Å². The normalized spacial score (nSPS) is 13.3. The molecule has 0 spiro atoms. The van der Waals surface area contributed by atoms with Gasteiger partial charge in [0.1, 0.15) is 5.82 Å². The monoisotopic (exact) mass is 388 g/mol. The number of rotatable bonds is 4. The second kappa shape index (κ2) is 6.84. The zero-order valence-electron chi connectivity index (χ0n) is 15.1. The second-order valence-corrected chi connectivity index (χ2v) is 7.88. The predicted molar refractivity (Wildman–Crippen MR) is 110 cm³/mol. The van der Waals surface area contributed by atoms with E-state index < -0.39 is 0 Å². The molecule has 0 N–H and O–H groups in total. The number of halogens is 1. The Morgan fingerprint density at radius 3 is 2.75 bits per heavy atom. The SMILES string of the molecule is O=C1c2c(cccc2-c2ccc(F)cc2)CN1CCc1ccc2sccc2n1. The summed E-state index contributed by atoms with van der Waals surface area (Å²) < 4.78 is 14.5. The van der Waals surface area contributed by atoms with Crippen LogP contribution in [0.5, 0.6) is 0 Å². The summed E-state index contributed by atoms with van der Waals surface area (Å²) in [6.45, 7) is 1.23. The Hall–Kier alpha value is -3.05. The molecular formula is C23H17FN2OS. The molecular weight excluding hydrogens is 371 g/mol. The summed E-state index contributed by atoms with van der Waals surface area (Å²) >= 11 is 1.68. The maximum atomic E-state index is 13.3. The highest BCUT2D eigenvalue weighted by Crippen LogP contribution is 2.33. The summed E-state index contributed by atoms with van der Waals surface area (Å²) in [5.74, 6) is -0.245. The molecule has 0 radical (unpaired) electrons. The first kappa shape index (κ1) is 17.1. The largest absolute Gasteiger partial charge is 0.334 e. The molecule has 5 rings (SSSR count). The molecule has 0 saturated carbocycles. The van der Waals surface area contributed by atoms with E-state index in [1.165, 1.54) is 16.8 Å². The van der Waals surface area contributed by atoms with Crippen LogP contribution in [0.25, 0.3) is 21.3 Å². The molecule has 1 aliphatic heterocycles. The Bertz CT molecular complexity index is 1180. The predicted octanol–water partition coefficient (Wildman–Crippen LogP) is 5.30. The van der Waals surface area contributed by atoms with Crippen LogP contribution in [0.2, 0.25) is 0 Å². The number of carbonyl (C=O) groups excluding carboxylic acids is 1. The molecule has 0 unspecified atom stereocenters. The van der Waals surface area contributed by atoms with Gasteiger partial charge in [-0.2, -0.15) is 0 Å². The molecule has 3 nitrogen and oxygen atoms in total. The number of fused-ring (bicyclic) bond motifs is 2. The van der Waals surface area contributed by atoms with Crippen molar-refractivity contribution in [3.63, 3.8) is 0 Å². The van der Waals surface area contributed by atoms with Crippen molar-refractivity contribution < 1.29 is 9.18 Å². The lowest BCUT2D eigenvalue weighted by Crippen LogP contribution is -2.26. The van der Waals surface area contributed by atoms with E-state index in [4.69, 9.17) is 0 Å². The number of hydrogen-bond acceptors (Lipinski definition) is 3. The fraction of sp³-hybridized carbons (Fsp3) is 0.130. The summed E-state index contributed by atoms with van der Waals surface area (Å²) in [5, 5.41) is 2.04. The third-order valence-corrected chi connectivity index (χ3v) is 6.04. The summed E-state index contributed by atoms with van der Waals surface area (Å²) in [4.78, 5) is 19.6. The average Bonchev–Trinajstić information content (AvgIpc) is 3.31. The van der Waals surface area contributed by atoms with Gasteiger partial charge < -0.3 is 4.90 Å². The minimum atomic E-state index is -0.278. The Kier molecular flexibility index (Phi) is 4.17. The summed E-state index contributed by atoms with van der Waals surface area (Å²) in [6.07, 6.45) is 0.720. The number of carbonyl (C=O) groups is 1. The van der Waals surface area contributed by atoms with Gasteiger partial charge in [-0.3, -0.25) is 9.78 Å². The van der Waals surface area contributed by atoms with E-state index in [0.717, 1.165) is 39.9 Å². The molecule has 28 heavy (non-hydrogen) atoms. The van der Waals surface area contributed by atoms with Crippen molar-refractivity contribution in [3.05, 3.63) is 88.7 Å². The van der Waals surface area contributed by atoms with Crippen LogP contribution in [0, 0.1) is 5.82 Å². The van der Waals surface area contributed by atoms with E-state index in [-0.39, 0.29) is 11.7 Å². The Morgan fingerprint density at radius 2 is 1.89 bits per heavy atom. The van der Waals surface area contributed by atoms with Crippen LogP contribution < -0.4 is 0 Å². The van der Waals surface area contributed by atoms with Crippen molar-refractivity contribution in [1.82, 2.24) is 9.88 Å². The Morgan fingerprint density at radius 1 is 1.04 bits per heavy atom. The minimum Gasteiger partial charge on any atom is -0.334 e. The molecule has 2 aromatic heterocycles. The number of benzene rings is 2. The van der Waals surface area contributed by atoms with Crippen molar-refractivity contribution >= 4 is 27.5 Å². The van der Waals surface area contributed by atoms with E-state index in [2.05, 4.69) is 11.1 Å². The highest BCUT2D eigenvalue weighted by atomic mass is 32.1. The first-order valence-corrected chi connectivity index (χ1v) is 10.1. The van der Waals surface area contributed by atoms with Crippen molar-refractivity contribution in [2.24, 2.45) is 0 Å². The number of amides is 1. The maximum absolute atomic E-state index is 13.3. The van der Waals surface area contributed by atoms with E-state index >= 15 is 0 Å². The van der Waals surface area contributed by atoms with Gasteiger partial charge in [0.25, 0.3) is 5.91 Å². The van der Waals surface area contributed by atoms with Gasteiger partial charge in [0.15, 0.2) is 0 Å². The van der Waals surface area contributed by atoms with Crippen LogP contribution >= 0.6 is 11.3 Å². The molecule has 3 heterocycles. The lowest BCUT2D eigenvalue weighted by Gasteiger charge is -2.15. The fourth-order valence-electron chi connectivity index (χ4n) is 3.75. The lowest BCUT2D eigenvalue weighted by atomic mass is 9.97. The van der Waals surface area contributed by atoms with E-state index in [9.17, 15) is 9.18 Å². The van der Waals surface area contributed by atoms with Crippen molar-refractivity contribution in [3.8, 4) is 11.1 Å². The molecule has 0 atom stereocenters. The second-order valence-electron chi connectivity index (χ2n) is 6.93. The lowest BCUT2D eigenvalue weighted by molar-refractivity contribution is 0.0780. The van der Waals surface area contributed by atoms with Crippen molar-refractivity contribution in [2.75, 3.05) is 6.54 Å².